The van der Waals surface area contributed by atoms with Gasteiger partial charge in [0.15, 0.2) is 0 Å². The zero-order chi connectivity index (χ0) is 18.0. The van der Waals surface area contributed by atoms with Gasteiger partial charge in [-0.1, -0.05) is 18.2 Å². The summed E-state index contributed by atoms with van der Waals surface area (Å²) in [6.45, 7) is 5.97. The van der Waals surface area contributed by atoms with Crippen molar-refractivity contribution in [1.29, 1.82) is 0 Å². The minimum Gasteiger partial charge on any atom is -0.390 e. The zero-order valence-electron chi connectivity index (χ0n) is 14.6. The molecule has 1 aliphatic rings. The maximum atomic E-state index is 10.7. The highest BCUT2D eigenvalue weighted by atomic mass is 16.6. The molecule has 25 heavy (non-hydrogen) atoms. The van der Waals surface area contributed by atoms with Gasteiger partial charge in [0.2, 0.25) is 0 Å². The molecule has 3 rings (SSSR count). The van der Waals surface area contributed by atoms with Crippen molar-refractivity contribution in [1.82, 2.24) is 14.7 Å². The molecule has 134 valence electrons. The first-order valence-electron chi connectivity index (χ1n) is 8.60. The number of aliphatic hydroxyl groups is 1. The monoisotopic (exact) mass is 344 g/mol. The normalized spacial score (nSPS) is 19.2. The van der Waals surface area contributed by atoms with Crippen LogP contribution in [-0.4, -0.2) is 43.9 Å². The minimum absolute atomic E-state index is 0.0543. The standard InChI is InChI=1S/C18H24N4O3/c1-13-5-6-15(8-14(13)2)18-4-3-7-20(18)11-17(23)12-21-10-16(9-19-21)22(24)25/h5-6,8-10,17-18,23H,3-4,7,11-12H2,1-2H3/t17-,18-/m0/s1. The minimum atomic E-state index is -0.619. The second-order valence-corrected chi connectivity index (χ2v) is 6.83. The fourth-order valence-electron chi connectivity index (χ4n) is 3.49. The summed E-state index contributed by atoms with van der Waals surface area (Å²) in [4.78, 5) is 12.5. The Morgan fingerprint density at radius 2 is 2.16 bits per heavy atom. The highest BCUT2D eigenvalue weighted by molar-refractivity contribution is 5.32. The lowest BCUT2D eigenvalue weighted by atomic mass is 9.99. The summed E-state index contributed by atoms with van der Waals surface area (Å²) in [6, 6.07) is 6.89. The van der Waals surface area contributed by atoms with Gasteiger partial charge < -0.3 is 5.11 Å². The smallest absolute Gasteiger partial charge is 0.306 e. The molecule has 0 amide bonds. The van der Waals surface area contributed by atoms with Gasteiger partial charge in [-0.25, -0.2) is 0 Å². The average Bonchev–Trinajstić information content (AvgIpc) is 3.19. The molecular formula is C18H24N4O3. The number of nitro groups is 1. The third-order valence-corrected chi connectivity index (χ3v) is 4.95. The van der Waals surface area contributed by atoms with Crippen molar-refractivity contribution in [3.63, 3.8) is 0 Å². The summed E-state index contributed by atoms with van der Waals surface area (Å²) >= 11 is 0. The number of benzene rings is 1. The lowest BCUT2D eigenvalue weighted by molar-refractivity contribution is -0.385. The Balaban J connectivity index is 1.64. The largest absolute Gasteiger partial charge is 0.390 e. The van der Waals surface area contributed by atoms with Crippen LogP contribution in [0.15, 0.2) is 30.6 Å². The quantitative estimate of drug-likeness (QED) is 0.643. The molecule has 1 saturated heterocycles. The number of aryl methyl sites for hydroxylation is 2. The second kappa shape index (κ2) is 7.33. The van der Waals surface area contributed by atoms with Crippen molar-refractivity contribution in [3.8, 4) is 0 Å². The molecule has 1 fully saturated rings. The fourth-order valence-corrected chi connectivity index (χ4v) is 3.49. The van der Waals surface area contributed by atoms with E-state index in [0.717, 1.165) is 19.4 Å². The van der Waals surface area contributed by atoms with Crippen LogP contribution in [0.4, 0.5) is 5.69 Å². The van der Waals surface area contributed by atoms with Crippen molar-refractivity contribution in [2.75, 3.05) is 13.1 Å². The van der Waals surface area contributed by atoms with Gasteiger partial charge in [-0.05, 0) is 49.9 Å². The second-order valence-electron chi connectivity index (χ2n) is 6.83. The highest BCUT2D eigenvalue weighted by Gasteiger charge is 2.28. The lowest BCUT2D eigenvalue weighted by Gasteiger charge is -2.27. The number of hydrogen-bond acceptors (Lipinski definition) is 5. The molecule has 1 aromatic carbocycles. The van der Waals surface area contributed by atoms with Gasteiger partial charge >= 0.3 is 5.69 Å². The number of hydrogen-bond donors (Lipinski definition) is 1. The van der Waals surface area contributed by atoms with Crippen molar-refractivity contribution in [2.45, 2.75) is 45.4 Å². The first kappa shape index (κ1) is 17.6. The Kier molecular flexibility index (Phi) is 5.15. The maximum absolute atomic E-state index is 10.7. The summed E-state index contributed by atoms with van der Waals surface area (Å²) in [7, 11) is 0. The van der Waals surface area contributed by atoms with Gasteiger partial charge in [0.1, 0.15) is 12.4 Å². The van der Waals surface area contributed by atoms with Crippen LogP contribution in [0.1, 0.15) is 35.6 Å². The molecule has 2 atom stereocenters. The molecule has 1 N–H and O–H groups in total. The molecule has 2 heterocycles. The van der Waals surface area contributed by atoms with E-state index < -0.39 is 11.0 Å². The van der Waals surface area contributed by atoms with E-state index in [2.05, 4.69) is 42.0 Å². The van der Waals surface area contributed by atoms with Gasteiger partial charge in [0, 0.05) is 12.6 Å². The number of rotatable bonds is 6. The summed E-state index contributed by atoms with van der Waals surface area (Å²) in [5.41, 5.74) is 3.81. The van der Waals surface area contributed by atoms with Crippen molar-refractivity contribution >= 4 is 5.69 Å². The van der Waals surface area contributed by atoms with E-state index in [0.29, 0.717) is 12.6 Å². The molecule has 2 aromatic rings. The van der Waals surface area contributed by atoms with Crippen LogP contribution in [0.2, 0.25) is 0 Å². The Bertz CT molecular complexity index is 759. The van der Waals surface area contributed by atoms with E-state index >= 15 is 0 Å². The Morgan fingerprint density at radius 3 is 2.84 bits per heavy atom. The Labute approximate surface area is 147 Å². The van der Waals surface area contributed by atoms with E-state index in [4.69, 9.17) is 0 Å². The van der Waals surface area contributed by atoms with Crippen LogP contribution in [0.5, 0.6) is 0 Å². The maximum Gasteiger partial charge on any atom is 0.306 e. The molecular weight excluding hydrogens is 320 g/mol. The van der Waals surface area contributed by atoms with Crippen LogP contribution < -0.4 is 0 Å². The first-order chi connectivity index (χ1) is 11.9. The van der Waals surface area contributed by atoms with Crippen LogP contribution in [0.25, 0.3) is 0 Å². The summed E-state index contributed by atoms with van der Waals surface area (Å²) in [6.07, 6.45) is 4.14. The number of aromatic nitrogens is 2. The molecule has 0 aliphatic carbocycles. The van der Waals surface area contributed by atoms with Gasteiger partial charge in [-0.15, -0.1) is 0 Å². The SMILES string of the molecule is Cc1ccc([C@@H]2CCCN2C[C@H](O)Cn2cc([N+](=O)[O-])cn2)cc1C. The number of likely N-dealkylation sites (tertiary alicyclic amines) is 1. The molecule has 0 radical (unpaired) electrons. The van der Waals surface area contributed by atoms with Gasteiger partial charge in [0.25, 0.3) is 0 Å². The van der Waals surface area contributed by atoms with Crippen LogP contribution in [0.3, 0.4) is 0 Å². The van der Waals surface area contributed by atoms with E-state index in [1.807, 2.05) is 0 Å². The predicted octanol–water partition coefficient (Wildman–Crippen LogP) is 2.61. The summed E-state index contributed by atoms with van der Waals surface area (Å²) < 4.78 is 1.43. The summed E-state index contributed by atoms with van der Waals surface area (Å²) in [5.74, 6) is 0. The highest BCUT2D eigenvalue weighted by Crippen LogP contribution is 2.32. The van der Waals surface area contributed by atoms with Crippen molar-refractivity contribution in [2.24, 2.45) is 0 Å². The van der Waals surface area contributed by atoms with Crippen molar-refractivity contribution in [3.05, 3.63) is 57.4 Å². The lowest BCUT2D eigenvalue weighted by Crippen LogP contribution is -2.34. The Morgan fingerprint density at radius 1 is 1.36 bits per heavy atom. The molecule has 7 nitrogen and oxygen atoms in total. The topological polar surface area (TPSA) is 84.4 Å². The Hall–Kier alpha value is -2.25. The number of aliphatic hydroxyl groups excluding tert-OH is 1. The molecule has 0 bridgehead atoms. The van der Waals surface area contributed by atoms with Gasteiger partial charge in [-0.3, -0.25) is 19.7 Å². The van der Waals surface area contributed by atoms with E-state index in [9.17, 15) is 15.2 Å². The number of nitrogens with zero attached hydrogens (tertiary/aromatic N) is 4. The van der Waals surface area contributed by atoms with Crippen molar-refractivity contribution < 1.29 is 10.0 Å². The molecule has 0 unspecified atom stereocenters. The molecule has 1 aliphatic heterocycles. The predicted molar refractivity (Wildman–Crippen MR) is 94.4 cm³/mol. The average molecular weight is 344 g/mol. The third-order valence-electron chi connectivity index (χ3n) is 4.95. The fraction of sp³-hybridized carbons (Fsp3) is 0.500. The van der Waals surface area contributed by atoms with Crippen LogP contribution >= 0.6 is 0 Å². The molecule has 1 aromatic heterocycles. The zero-order valence-corrected chi connectivity index (χ0v) is 14.6. The van der Waals surface area contributed by atoms with Crippen LogP contribution in [-0.2, 0) is 6.54 Å². The van der Waals surface area contributed by atoms with E-state index in [1.54, 1.807) is 0 Å². The summed E-state index contributed by atoms with van der Waals surface area (Å²) in [5, 5.41) is 25.1. The molecule has 0 saturated carbocycles. The first-order valence-corrected chi connectivity index (χ1v) is 8.60. The third kappa shape index (κ3) is 4.05. The molecule has 0 spiro atoms. The van der Waals surface area contributed by atoms with E-state index in [-0.39, 0.29) is 12.2 Å². The van der Waals surface area contributed by atoms with Gasteiger partial charge in [-0.2, -0.15) is 5.10 Å². The van der Waals surface area contributed by atoms with Crippen LogP contribution in [0, 0.1) is 24.0 Å². The number of β-amino-alcohol motifs (C(OH)–C–C–N with tert-alkyl or cyclic N) is 1. The van der Waals surface area contributed by atoms with Gasteiger partial charge in [0.05, 0.1) is 17.6 Å². The molecule has 7 heteroatoms. The van der Waals surface area contributed by atoms with E-state index in [1.165, 1.54) is 33.8 Å².